The molecule has 2 atom stereocenters. The number of carbonyl (C=O) groups excluding carboxylic acids is 3. The Balaban J connectivity index is 1.42. The fourth-order valence-corrected chi connectivity index (χ4v) is 5.72. The molecule has 0 radical (unpaired) electrons. The first kappa shape index (κ1) is 36.0. The van der Waals surface area contributed by atoms with Gasteiger partial charge in [0, 0.05) is 46.9 Å². The van der Waals surface area contributed by atoms with E-state index in [1.54, 1.807) is 49.5 Å². The van der Waals surface area contributed by atoms with Crippen molar-refractivity contribution in [2.45, 2.75) is 51.1 Å². The number of aromatic nitrogens is 5. The van der Waals surface area contributed by atoms with Crippen molar-refractivity contribution in [1.82, 2.24) is 30.5 Å². The fourth-order valence-electron chi connectivity index (χ4n) is 5.54. The van der Waals surface area contributed by atoms with Gasteiger partial charge in [-0.1, -0.05) is 36.9 Å². The molecule has 0 fully saturated rings. The molecule has 2 bridgehead atoms. The first-order chi connectivity index (χ1) is 24.3. The van der Waals surface area contributed by atoms with Crippen LogP contribution in [0.4, 0.5) is 16.2 Å². The molecule has 15 heteroatoms. The number of halogens is 1. The van der Waals surface area contributed by atoms with E-state index in [1.807, 2.05) is 18.2 Å². The first-order valence-corrected chi connectivity index (χ1v) is 16.7. The van der Waals surface area contributed by atoms with Crippen LogP contribution in [0.2, 0.25) is 5.02 Å². The van der Waals surface area contributed by atoms with Gasteiger partial charge in [0.15, 0.2) is 0 Å². The van der Waals surface area contributed by atoms with Crippen LogP contribution < -0.4 is 16.0 Å². The van der Waals surface area contributed by atoms with E-state index in [1.165, 1.54) is 24.2 Å². The third-order valence-corrected chi connectivity index (χ3v) is 8.17. The SMILES string of the molecule is CCOC(=O)C1CCCCCC(NC(=O)C=Cc2cc(Cl)ccc2-n2cnnn2)c2cc(ccn2)-c2ccc(NC(=O)OCCOC)cc2N1. The average molecular weight is 703 g/mol. The molecule has 4 aromatic rings. The molecule has 50 heavy (non-hydrogen) atoms. The summed E-state index contributed by atoms with van der Waals surface area (Å²) in [4.78, 5) is 43.5. The predicted molar refractivity (Wildman–Crippen MR) is 188 cm³/mol. The Kier molecular flexibility index (Phi) is 12.9. The molecular weight excluding hydrogens is 664 g/mol. The van der Waals surface area contributed by atoms with Crippen LogP contribution in [0.25, 0.3) is 22.9 Å². The minimum absolute atomic E-state index is 0.103. The number of rotatable bonds is 10. The number of pyridine rings is 1. The van der Waals surface area contributed by atoms with Crippen molar-refractivity contribution in [3.05, 3.63) is 83.4 Å². The summed E-state index contributed by atoms with van der Waals surface area (Å²) in [7, 11) is 1.52. The van der Waals surface area contributed by atoms with Crippen LogP contribution in [0.3, 0.4) is 0 Å². The number of hydrogen-bond acceptors (Lipinski definition) is 11. The quantitative estimate of drug-likeness (QED) is 0.104. The van der Waals surface area contributed by atoms with Crippen molar-refractivity contribution in [3.63, 3.8) is 0 Å². The summed E-state index contributed by atoms with van der Waals surface area (Å²) in [5, 5.41) is 21.1. The lowest BCUT2D eigenvalue weighted by Crippen LogP contribution is -2.31. The number of nitrogens with zero attached hydrogens (tertiary/aromatic N) is 5. The summed E-state index contributed by atoms with van der Waals surface area (Å²) in [5.41, 5.74) is 4.65. The zero-order chi connectivity index (χ0) is 35.3. The zero-order valence-electron chi connectivity index (χ0n) is 27.8. The molecule has 5 rings (SSSR count). The van der Waals surface area contributed by atoms with E-state index in [-0.39, 0.29) is 31.7 Å². The van der Waals surface area contributed by atoms with Gasteiger partial charge >= 0.3 is 12.1 Å². The van der Waals surface area contributed by atoms with Crippen LogP contribution >= 0.6 is 11.6 Å². The number of tetrazole rings is 1. The van der Waals surface area contributed by atoms with Crippen molar-refractivity contribution < 1.29 is 28.6 Å². The molecule has 2 aromatic heterocycles. The van der Waals surface area contributed by atoms with Crippen molar-refractivity contribution in [3.8, 4) is 16.8 Å². The second-order valence-electron chi connectivity index (χ2n) is 11.4. The molecule has 2 amide bonds. The number of esters is 1. The Morgan fingerprint density at radius 3 is 2.70 bits per heavy atom. The summed E-state index contributed by atoms with van der Waals surface area (Å²) < 4.78 is 17.0. The van der Waals surface area contributed by atoms with Gasteiger partial charge in [0.2, 0.25) is 5.91 Å². The summed E-state index contributed by atoms with van der Waals surface area (Å²) in [6.07, 6.45) is 9.10. The Bertz CT molecular complexity index is 1800. The van der Waals surface area contributed by atoms with E-state index in [2.05, 4.69) is 36.5 Å². The second kappa shape index (κ2) is 17.9. The monoisotopic (exact) mass is 702 g/mol. The summed E-state index contributed by atoms with van der Waals surface area (Å²) in [6.45, 7) is 2.39. The third kappa shape index (κ3) is 9.86. The second-order valence-corrected chi connectivity index (χ2v) is 11.9. The molecule has 0 spiro atoms. The maximum absolute atomic E-state index is 13.4. The molecule has 1 aliphatic rings. The van der Waals surface area contributed by atoms with Crippen molar-refractivity contribution in [2.24, 2.45) is 0 Å². The van der Waals surface area contributed by atoms with Crippen molar-refractivity contribution in [1.29, 1.82) is 0 Å². The minimum Gasteiger partial charge on any atom is -0.464 e. The molecule has 262 valence electrons. The molecule has 14 nitrogen and oxygen atoms in total. The lowest BCUT2D eigenvalue weighted by molar-refractivity contribution is -0.144. The highest BCUT2D eigenvalue weighted by molar-refractivity contribution is 6.30. The highest BCUT2D eigenvalue weighted by Gasteiger charge is 2.23. The number of ether oxygens (including phenoxy) is 3. The molecule has 3 heterocycles. The average Bonchev–Trinajstić information content (AvgIpc) is 3.65. The van der Waals surface area contributed by atoms with Crippen LogP contribution in [0.1, 0.15) is 56.3 Å². The number of fused-ring (bicyclic) bond motifs is 4. The van der Waals surface area contributed by atoms with Crippen LogP contribution in [-0.2, 0) is 23.8 Å². The Morgan fingerprint density at radius 2 is 1.90 bits per heavy atom. The van der Waals surface area contributed by atoms with E-state index < -0.39 is 18.2 Å². The van der Waals surface area contributed by atoms with Gasteiger partial charge in [-0.25, -0.2) is 9.59 Å². The van der Waals surface area contributed by atoms with Gasteiger partial charge in [0.1, 0.15) is 19.0 Å². The number of hydrogen-bond donors (Lipinski definition) is 3. The Hall–Kier alpha value is -5.34. The molecule has 0 saturated heterocycles. The Labute approximate surface area is 294 Å². The van der Waals surface area contributed by atoms with Gasteiger partial charge in [-0.2, -0.15) is 4.68 Å². The summed E-state index contributed by atoms with van der Waals surface area (Å²) >= 11 is 6.26. The molecule has 1 aliphatic heterocycles. The van der Waals surface area contributed by atoms with Gasteiger partial charge in [-0.05, 0) is 84.3 Å². The highest BCUT2D eigenvalue weighted by Crippen LogP contribution is 2.34. The molecule has 0 saturated carbocycles. The van der Waals surface area contributed by atoms with Gasteiger partial charge in [-0.3, -0.25) is 15.1 Å². The Morgan fingerprint density at radius 1 is 1.04 bits per heavy atom. The number of benzene rings is 2. The van der Waals surface area contributed by atoms with Gasteiger partial charge in [-0.15, -0.1) is 5.10 Å². The molecule has 3 N–H and O–H groups in total. The van der Waals surface area contributed by atoms with Crippen LogP contribution in [-0.4, -0.2) is 76.1 Å². The molecular formula is C35H39ClN8O6. The third-order valence-electron chi connectivity index (χ3n) is 7.94. The van der Waals surface area contributed by atoms with Gasteiger partial charge < -0.3 is 24.8 Å². The van der Waals surface area contributed by atoms with E-state index in [9.17, 15) is 14.4 Å². The maximum atomic E-state index is 13.4. The summed E-state index contributed by atoms with van der Waals surface area (Å²) in [5.74, 6) is -0.673. The molecule has 0 aliphatic carbocycles. The zero-order valence-corrected chi connectivity index (χ0v) is 28.6. The first-order valence-electron chi connectivity index (χ1n) is 16.3. The highest BCUT2D eigenvalue weighted by atomic mass is 35.5. The molecule has 2 aromatic carbocycles. The van der Waals surface area contributed by atoms with E-state index in [4.69, 9.17) is 25.8 Å². The van der Waals surface area contributed by atoms with Crippen molar-refractivity contribution >= 4 is 47.0 Å². The van der Waals surface area contributed by atoms with Crippen LogP contribution in [0, 0.1) is 0 Å². The lowest BCUT2D eigenvalue weighted by atomic mass is 9.99. The number of nitrogens with one attached hydrogen (secondary N) is 3. The van der Waals surface area contributed by atoms with Crippen LogP contribution in [0.15, 0.2) is 67.1 Å². The predicted octanol–water partition coefficient (Wildman–Crippen LogP) is 5.75. The smallest absolute Gasteiger partial charge is 0.411 e. The minimum atomic E-state index is -0.630. The lowest BCUT2D eigenvalue weighted by Gasteiger charge is -2.21. The normalized spacial score (nSPS) is 16.1. The van der Waals surface area contributed by atoms with Gasteiger partial charge in [0.05, 0.1) is 30.6 Å². The topological polar surface area (TPSA) is 171 Å². The fraction of sp³-hybridized carbons (Fsp3) is 0.343. The number of carbonyl (C=O) groups is 3. The molecule has 2 unspecified atom stereocenters. The van der Waals surface area contributed by atoms with Crippen LogP contribution in [0.5, 0.6) is 0 Å². The number of anilines is 2. The van der Waals surface area contributed by atoms with Crippen molar-refractivity contribution in [2.75, 3.05) is 37.6 Å². The van der Waals surface area contributed by atoms with E-state index in [0.717, 1.165) is 30.4 Å². The number of methoxy groups -OCH3 is 1. The van der Waals surface area contributed by atoms with E-state index >= 15 is 0 Å². The summed E-state index contributed by atoms with van der Waals surface area (Å²) in [6, 6.07) is 13.3. The van der Waals surface area contributed by atoms with Gasteiger partial charge in [0.25, 0.3) is 0 Å². The largest absolute Gasteiger partial charge is 0.464 e. The van der Waals surface area contributed by atoms with E-state index in [0.29, 0.717) is 46.2 Å². The standard InChI is InChI=1S/C35H39ClN8O6/c1-3-49-34(46)29-8-6-4-5-7-28(41-33(45)14-9-24-19-25(36)10-13-32(24)44-22-38-42-43-44)31-20-23(15-16-37-31)27-12-11-26(21-30(27)40-29)39-35(47)50-18-17-48-2/h9-16,19-22,28-29,40H,3-8,17-18H2,1-2H3,(H,39,47)(H,41,45). The maximum Gasteiger partial charge on any atom is 0.411 e. The number of amides is 2.